The van der Waals surface area contributed by atoms with Crippen molar-refractivity contribution in [1.82, 2.24) is 9.80 Å². The number of nitrogens with one attached hydrogen (secondary N) is 1. The first-order valence-corrected chi connectivity index (χ1v) is 11.5. The molecule has 0 bridgehead atoms. The highest BCUT2D eigenvalue weighted by atomic mass is 16.5. The van der Waals surface area contributed by atoms with Gasteiger partial charge >= 0.3 is 12.0 Å². The van der Waals surface area contributed by atoms with Crippen molar-refractivity contribution in [2.24, 2.45) is 5.41 Å². The van der Waals surface area contributed by atoms with Gasteiger partial charge in [-0.05, 0) is 54.9 Å². The summed E-state index contributed by atoms with van der Waals surface area (Å²) in [6.45, 7) is 2.75. The van der Waals surface area contributed by atoms with Crippen molar-refractivity contribution >= 4 is 23.6 Å². The minimum Gasteiger partial charge on any atom is -0.465 e. The maximum Gasteiger partial charge on any atom is 0.337 e. The van der Waals surface area contributed by atoms with E-state index in [1.54, 1.807) is 24.3 Å². The quantitative estimate of drug-likeness (QED) is 0.706. The number of amides is 3. The molecule has 2 saturated heterocycles. The van der Waals surface area contributed by atoms with Crippen molar-refractivity contribution in [3.63, 3.8) is 0 Å². The Morgan fingerprint density at radius 1 is 0.970 bits per heavy atom. The average molecular weight is 450 g/mol. The van der Waals surface area contributed by atoms with Gasteiger partial charge in [0, 0.05) is 38.3 Å². The van der Waals surface area contributed by atoms with Crippen LogP contribution in [0.4, 0.5) is 10.5 Å². The topological polar surface area (TPSA) is 79.0 Å². The van der Waals surface area contributed by atoms with Gasteiger partial charge in [0.15, 0.2) is 0 Å². The highest BCUT2D eigenvalue weighted by molar-refractivity contribution is 5.94. The van der Waals surface area contributed by atoms with Gasteiger partial charge in [0.25, 0.3) is 0 Å². The molecule has 2 aromatic rings. The number of rotatable bonds is 4. The average Bonchev–Trinajstić information content (AvgIpc) is 2.99. The molecule has 0 unspecified atom stereocenters. The second-order valence-corrected chi connectivity index (χ2v) is 9.04. The minimum absolute atomic E-state index is 0.114. The molecule has 2 aromatic carbocycles. The molecule has 0 aliphatic carbocycles. The van der Waals surface area contributed by atoms with Crippen molar-refractivity contribution in [1.29, 1.82) is 0 Å². The predicted octanol–water partition coefficient (Wildman–Crippen LogP) is 4.30. The highest BCUT2D eigenvalue weighted by Crippen LogP contribution is 2.41. The number of benzene rings is 2. The van der Waals surface area contributed by atoms with Crippen LogP contribution in [0.3, 0.4) is 0 Å². The van der Waals surface area contributed by atoms with Crippen LogP contribution in [-0.2, 0) is 16.1 Å². The van der Waals surface area contributed by atoms with Gasteiger partial charge in [0.1, 0.15) is 0 Å². The number of hydrogen-bond donors (Lipinski definition) is 1. The summed E-state index contributed by atoms with van der Waals surface area (Å²) >= 11 is 0. The number of piperidine rings is 1. The smallest absolute Gasteiger partial charge is 0.337 e. The van der Waals surface area contributed by atoms with E-state index in [2.05, 4.69) is 17.4 Å². The van der Waals surface area contributed by atoms with Gasteiger partial charge in [-0.25, -0.2) is 9.59 Å². The number of urea groups is 1. The zero-order valence-corrected chi connectivity index (χ0v) is 19.1. The number of carbonyl (C=O) groups is 3. The zero-order valence-electron chi connectivity index (χ0n) is 19.1. The highest BCUT2D eigenvalue weighted by Gasteiger charge is 2.38. The van der Waals surface area contributed by atoms with E-state index < -0.39 is 5.97 Å². The SMILES string of the molecule is COC(=O)c1cccc(NC(=O)N2CCC3(CCC(=O)N(Cc4ccccc4)CC3)CC2)c1. The number of ether oxygens (including phenoxy) is 1. The first-order valence-electron chi connectivity index (χ1n) is 11.5. The van der Waals surface area contributed by atoms with Crippen LogP contribution in [-0.4, -0.2) is 54.5 Å². The van der Waals surface area contributed by atoms with Crippen LogP contribution in [0.2, 0.25) is 0 Å². The molecule has 2 heterocycles. The van der Waals surface area contributed by atoms with Gasteiger partial charge in [-0.1, -0.05) is 36.4 Å². The third kappa shape index (κ3) is 5.53. The molecule has 2 aliphatic rings. The molecule has 4 rings (SSSR count). The summed E-state index contributed by atoms with van der Waals surface area (Å²) in [7, 11) is 1.33. The van der Waals surface area contributed by atoms with Crippen molar-refractivity contribution in [3.05, 3.63) is 65.7 Å². The van der Waals surface area contributed by atoms with Crippen LogP contribution in [0.15, 0.2) is 54.6 Å². The molecule has 0 atom stereocenters. The van der Waals surface area contributed by atoms with Crippen molar-refractivity contribution in [2.45, 2.75) is 38.6 Å². The zero-order chi connectivity index (χ0) is 23.3. The van der Waals surface area contributed by atoms with Gasteiger partial charge in [-0.2, -0.15) is 0 Å². The fourth-order valence-corrected chi connectivity index (χ4v) is 4.85. The Hall–Kier alpha value is -3.35. The standard InChI is InChI=1S/C26H31N3O4/c1-33-24(31)21-8-5-9-22(18-21)27-25(32)28-15-12-26(13-16-28)11-10-23(30)29(17-14-26)19-20-6-3-2-4-7-20/h2-9,18H,10-17,19H2,1H3,(H,27,32). The van der Waals surface area contributed by atoms with Crippen LogP contribution in [0.5, 0.6) is 0 Å². The molecule has 2 aliphatic heterocycles. The predicted molar refractivity (Wildman–Crippen MR) is 126 cm³/mol. The molecule has 0 aromatic heterocycles. The Morgan fingerprint density at radius 2 is 1.70 bits per heavy atom. The maximum absolute atomic E-state index is 12.8. The molecule has 2 fully saturated rings. The number of carbonyl (C=O) groups excluding carboxylic acids is 3. The number of anilines is 1. The first kappa shape index (κ1) is 22.8. The van der Waals surface area contributed by atoms with Gasteiger partial charge in [-0.3, -0.25) is 4.79 Å². The fraction of sp³-hybridized carbons (Fsp3) is 0.423. The van der Waals surface area contributed by atoms with Crippen molar-refractivity contribution in [3.8, 4) is 0 Å². The Balaban J connectivity index is 1.32. The van der Waals surface area contributed by atoms with E-state index in [0.29, 0.717) is 37.3 Å². The largest absolute Gasteiger partial charge is 0.465 e. The summed E-state index contributed by atoms with van der Waals surface area (Å²) < 4.78 is 4.75. The Labute approximate surface area is 194 Å². The number of nitrogens with zero attached hydrogens (tertiary/aromatic N) is 2. The molecular formula is C26H31N3O4. The second-order valence-electron chi connectivity index (χ2n) is 9.04. The lowest BCUT2D eigenvalue weighted by atomic mass is 9.73. The first-order chi connectivity index (χ1) is 16.0. The fourth-order valence-electron chi connectivity index (χ4n) is 4.85. The summed E-state index contributed by atoms with van der Waals surface area (Å²) in [4.78, 5) is 41.1. The van der Waals surface area contributed by atoms with E-state index in [0.717, 1.165) is 37.8 Å². The van der Waals surface area contributed by atoms with E-state index in [1.807, 2.05) is 28.0 Å². The number of likely N-dealkylation sites (tertiary alicyclic amines) is 2. The molecule has 0 saturated carbocycles. The lowest BCUT2D eigenvalue weighted by molar-refractivity contribution is -0.131. The number of hydrogen-bond acceptors (Lipinski definition) is 4. The Morgan fingerprint density at radius 3 is 2.42 bits per heavy atom. The van der Waals surface area contributed by atoms with Crippen LogP contribution in [0.25, 0.3) is 0 Å². The van der Waals surface area contributed by atoms with Gasteiger partial charge in [-0.15, -0.1) is 0 Å². The van der Waals surface area contributed by atoms with Crippen LogP contribution >= 0.6 is 0 Å². The summed E-state index contributed by atoms with van der Waals surface area (Å²) in [5, 5.41) is 2.89. The van der Waals surface area contributed by atoms with E-state index in [-0.39, 0.29) is 17.4 Å². The molecule has 0 radical (unpaired) electrons. The van der Waals surface area contributed by atoms with Crippen LogP contribution < -0.4 is 5.32 Å². The summed E-state index contributed by atoms with van der Waals surface area (Å²) in [5.74, 6) is -0.211. The maximum atomic E-state index is 12.8. The third-order valence-corrected chi connectivity index (χ3v) is 7.00. The number of methoxy groups -OCH3 is 1. The molecular weight excluding hydrogens is 418 g/mol. The summed E-state index contributed by atoms with van der Waals surface area (Å²) in [6, 6.07) is 16.7. The normalized spacial score (nSPS) is 18.0. The number of esters is 1. The molecule has 1 N–H and O–H groups in total. The lowest BCUT2D eigenvalue weighted by Gasteiger charge is -2.41. The van der Waals surface area contributed by atoms with E-state index in [4.69, 9.17) is 4.74 Å². The van der Waals surface area contributed by atoms with Crippen LogP contribution in [0.1, 0.15) is 48.0 Å². The molecule has 7 heteroatoms. The summed E-state index contributed by atoms with van der Waals surface area (Å²) in [6.07, 6.45) is 4.22. The Kier molecular flexibility index (Phi) is 6.96. The summed E-state index contributed by atoms with van der Waals surface area (Å²) in [5.41, 5.74) is 2.24. The molecule has 33 heavy (non-hydrogen) atoms. The van der Waals surface area contributed by atoms with Gasteiger partial charge in [0.2, 0.25) is 5.91 Å². The Bertz CT molecular complexity index is 1000. The van der Waals surface area contributed by atoms with Crippen LogP contribution in [0, 0.1) is 5.41 Å². The van der Waals surface area contributed by atoms with Gasteiger partial charge < -0.3 is 19.9 Å². The van der Waals surface area contributed by atoms with Crippen molar-refractivity contribution in [2.75, 3.05) is 32.1 Å². The minimum atomic E-state index is -0.435. The monoisotopic (exact) mass is 449 g/mol. The lowest BCUT2D eigenvalue weighted by Crippen LogP contribution is -2.45. The molecule has 7 nitrogen and oxygen atoms in total. The third-order valence-electron chi connectivity index (χ3n) is 7.00. The molecule has 1 spiro atoms. The molecule has 174 valence electrons. The van der Waals surface area contributed by atoms with E-state index in [1.165, 1.54) is 7.11 Å². The van der Waals surface area contributed by atoms with E-state index in [9.17, 15) is 14.4 Å². The second kappa shape index (κ2) is 10.1. The molecule has 3 amide bonds. The van der Waals surface area contributed by atoms with Gasteiger partial charge in [0.05, 0.1) is 12.7 Å². The van der Waals surface area contributed by atoms with Crippen molar-refractivity contribution < 1.29 is 19.1 Å². The van der Waals surface area contributed by atoms with E-state index >= 15 is 0 Å².